The van der Waals surface area contributed by atoms with E-state index in [0.717, 1.165) is 4.68 Å². The molecule has 0 saturated carbocycles. The lowest BCUT2D eigenvalue weighted by Gasteiger charge is -2.17. The highest BCUT2D eigenvalue weighted by atomic mass is 16.5. The molecule has 1 heterocycles. The predicted octanol–water partition coefficient (Wildman–Crippen LogP) is 2.32. The van der Waals surface area contributed by atoms with Crippen LogP contribution in [0.5, 0.6) is 11.5 Å². The van der Waals surface area contributed by atoms with Gasteiger partial charge >= 0.3 is 5.97 Å². The molecular formula is C22H24N6O4. The van der Waals surface area contributed by atoms with Gasteiger partial charge < -0.3 is 15.3 Å². The highest BCUT2D eigenvalue weighted by Crippen LogP contribution is 2.22. The Hall–Kier alpha value is -4.21. The summed E-state index contributed by atoms with van der Waals surface area (Å²) in [4.78, 5) is 25.0. The molecular weight excluding hydrogens is 412 g/mol. The molecule has 0 aliphatic rings. The number of nitrogens with zero attached hydrogens (tertiary/aromatic N) is 4. The van der Waals surface area contributed by atoms with Gasteiger partial charge in [0.15, 0.2) is 0 Å². The molecule has 166 valence electrons. The number of methoxy groups -OCH3 is 1. The van der Waals surface area contributed by atoms with Crippen LogP contribution < -0.4 is 26.3 Å². The van der Waals surface area contributed by atoms with Gasteiger partial charge in [-0.05, 0) is 24.3 Å². The number of carbonyl (C=O) groups is 1. The molecule has 10 nitrogen and oxygen atoms in total. The smallest absolute Gasteiger partial charge is 0.347 e. The molecule has 2 aromatic carbocycles. The Bertz CT molecular complexity index is 1210. The van der Waals surface area contributed by atoms with E-state index >= 15 is 0 Å². The summed E-state index contributed by atoms with van der Waals surface area (Å²) in [7, 11) is 1.48. The normalized spacial score (nSPS) is 11.4. The van der Waals surface area contributed by atoms with Gasteiger partial charge in [-0.3, -0.25) is 4.79 Å². The molecule has 0 unspecified atom stereocenters. The summed E-state index contributed by atoms with van der Waals surface area (Å²) in [6.07, 6.45) is 1.41. The third kappa shape index (κ3) is 4.91. The molecule has 3 aromatic rings. The zero-order valence-corrected chi connectivity index (χ0v) is 18.2. The van der Waals surface area contributed by atoms with Crippen molar-refractivity contribution in [3.8, 4) is 11.5 Å². The maximum Gasteiger partial charge on any atom is 0.347 e. The topological polar surface area (TPSA) is 134 Å². The number of anilines is 1. The minimum absolute atomic E-state index is 0.0391. The number of hydrogen-bond donors (Lipinski definition) is 2. The molecule has 0 aliphatic carbocycles. The summed E-state index contributed by atoms with van der Waals surface area (Å²) < 4.78 is 11.6. The van der Waals surface area contributed by atoms with Crippen molar-refractivity contribution in [2.24, 2.45) is 5.10 Å². The first-order valence-electron chi connectivity index (χ1n) is 9.71. The summed E-state index contributed by atoms with van der Waals surface area (Å²) in [6.45, 7) is 5.52. The first-order chi connectivity index (χ1) is 15.2. The zero-order chi connectivity index (χ0) is 23.3. The fraction of sp³-hybridized carbons (Fsp3) is 0.227. The van der Waals surface area contributed by atoms with Crippen molar-refractivity contribution in [1.29, 1.82) is 0 Å². The molecule has 0 bridgehead atoms. The fourth-order valence-electron chi connectivity index (χ4n) is 2.75. The van der Waals surface area contributed by atoms with E-state index in [1.54, 1.807) is 48.5 Å². The maximum absolute atomic E-state index is 12.6. The van der Waals surface area contributed by atoms with E-state index in [1.807, 2.05) is 20.8 Å². The number of para-hydroxylation sites is 2. The Morgan fingerprint density at radius 2 is 1.75 bits per heavy atom. The molecule has 0 amide bonds. The van der Waals surface area contributed by atoms with Crippen molar-refractivity contribution in [3.63, 3.8) is 0 Å². The SMILES string of the molecule is COc1ccccc1C(=O)Oc1ccccc1/C=N/Nc1nnc(C(C)(C)C)c(=O)n1N. The van der Waals surface area contributed by atoms with E-state index in [1.165, 1.54) is 13.3 Å². The second-order valence-electron chi connectivity index (χ2n) is 7.79. The summed E-state index contributed by atoms with van der Waals surface area (Å²) in [5, 5.41) is 11.9. The quantitative estimate of drug-likeness (QED) is 0.198. The summed E-state index contributed by atoms with van der Waals surface area (Å²) in [5.41, 5.74) is 2.65. The highest BCUT2D eigenvalue weighted by molar-refractivity contribution is 5.95. The summed E-state index contributed by atoms with van der Waals surface area (Å²) in [5.74, 6) is 5.91. The average Bonchev–Trinajstić information content (AvgIpc) is 2.76. The first kappa shape index (κ1) is 22.5. The van der Waals surface area contributed by atoms with Crippen LogP contribution in [0.3, 0.4) is 0 Å². The monoisotopic (exact) mass is 436 g/mol. The molecule has 32 heavy (non-hydrogen) atoms. The largest absolute Gasteiger partial charge is 0.496 e. The van der Waals surface area contributed by atoms with Crippen LogP contribution in [0.25, 0.3) is 0 Å². The molecule has 0 radical (unpaired) electrons. The Morgan fingerprint density at radius 1 is 1.09 bits per heavy atom. The fourth-order valence-corrected chi connectivity index (χ4v) is 2.75. The second kappa shape index (κ2) is 9.29. The van der Waals surface area contributed by atoms with Gasteiger partial charge in [0.05, 0.1) is 13.3 Å². The van der Waals surface area contributed by atoms with Crippen LogP contribution in [0.4, 0.5) is 5.95 Å². The van der Waals surface area contributed by atoms with E-state index < -0.39 is 16.9 Å². The van der Waals surface area contributed by atoms with Gasteiger partial charge in [0, 0.05) is 11.0 Å². The molecule has 1 aromatic heterocycles. The molecule has 3 rings (SSSR count). The molecule has 0 atom stereocenters. The van der Waals surface area contributed by atoms with Crippen LogP contribution >= 0.6 is 0 Å². The Labute approximate surface area is 184 Å². The van der Waals surface area contributed by atoms with Crippen molar-refractivity contribution in [3.05, 3.63) is 75.7 Å². The number of esters is 1. The van der Waals surface area contributed by atoms with E-state index in [-0.39, 0.29) is 17.4 Å². The lowest BCUT2D eigenvalue weighted by molar-refractivity contribution is 0.0731. The number of carbonyl (C=O) groups excluding carboxylic acids is 1. The number of rotatable bonds is 6. The van der Waals surface area contributed by atoms with Crippen LogP contribution in [0, 0.1) is 0 Å². The number of hydrazone groups is 1. The summed E-state index contributed by atoms with van der Waals surface area (Å²) >= 11 is 0. The van der Waals surface area contributed by atoms with E-state index in [2.05, 4.69) is 20.7 Å². The number of benzene rings is 2. The van der Waals surface area contributed by atoms with E-state index in [0.29, 0.717) is 16.9 Å². The maximum atomic E-state index is 12.6. The molecule has 0 spiro atoms. The van der Waals surface area contributed by atoms with Gasteiger partial charge in [-0.25, -0.2) is 10.2 Å². The number of nitrogens with one attached hydrogen (secondary N) is 1. The third-order valence-electron chi connectivity index (χ3n) is 4.42. The minimum Gasteiger partial charge on any atom is -0.496 e. The lowest BCUT2D eigenvalue weighted by atomic mass is 9.93. The van der Waals surface area contributed by atoms with Gasteiger partial charge in [0.1, 0.15) is 22.8 Å². The molecule has 0 fully saturated rings. The Morgan fingerprint density at radius 3 is 2.44 bits per heavy atom. The van der Waals surface area contributed by atoms with Crippen LogP contribution in [0.1, 0.15) is 42.4 Å². The standard InChI is InChI=1S/C22H24N6O4/c1-22(2,3)18-19(29)28(23)21(27-25-18)26-24-13-14-9-5-7-11-16(14)32-20(30)15-10-6-8-12-17(15)31-4/h5-13H,23H2,1-4H3,(H,26,27)/b24-13+. The molecule has 10 heteroatoms. The van der Waals surface area contributed by atoms with Gasteiger partial charge in [0.25, 0.3) is 11.5 Å². The summed E-state index contributed by atoms with van der Waals surface area (Å²) in [6, 6.07) is 13.6. The van der Waals surface area contributed by atoms with Crippen molar-refractivity contribution in [1.82, 2.24) is 14.9 Å². The van der Waals surface area contributed by atoms with Gasteiger partial charge in [-0.15, -0.1) is 10.2 Å². The number of ether oxygens (including phenoxy) is 2. The van der Waals surface area contributed by atoms with Crippen LogP contribution in [-0.4, -0.2) is 34.2 Å². The van der Waals surface area contributed by atoms with Crippen molar-refractivity contribution in [2.45, 2.75) is 26.2 Å². The van der Waals surface area contributed by atoms with Crippen LogP contribution in [0.2, 0.25) is 0 Å². The number of hydrogen-bond acceptors (Lipinski definition) is 9. The number of nitrogen functional groups attached to an aromatic ring is 1. The molecule has 0 aliphatic heterocycles. The Kier molecular flexibility index (Phi) is 6.53. The van der Waals surface area contributed by atoms with E-state index in [4.69, 9.17) is 15.3 Å². The first-order valence-corrected chi connectivity index (χ1v) is 9.71. The van der Waals surface area contributed by atoms with Crippen LogP contribution in [0.15, 0.2) is 58.4 Å². The average molecular weight is 436 g/mol. The van der Waals surface area contributed by atoms with E-state index in [9.17, 15) is 9.59 Å². The van der Waals surface area contributed by atoms with Gasteiger partial charge in [0.2, 0.25) is 0 Å². The van der Waals surface area contributed by atoms with Crippen molar-refractivity contribution < 1.29 is 14.3 Å². The lowest BCUT2D eigenvalue weighted by Crippen LogP contribution is -2.38. The van der Waals surface area contributed by atoms with Gasteiger partial charge in [-0.2, -0.15) is 9.78 Å². The third-order valence-corrected chi connectivity index (χ3v) is 4.42. The number of aromatic nitrogens is 3. The van der Waals surface area contributed by atoms with Gasteiger partial charge in [-0.1, -0.05) is 45.0 Å². The Balaban J connectivity index is 1.79. The van der Waals surface area contributed by atoms with Crippen molar-refractivity contribution in [2.75, 3.05) is 18.4 Å². The number of nitrogens with two attached hydrogens (primary N) is 1. The second-order valence-corrected chi connectivity index (χ2v) is 7.79. The highest BCUT2D eigenvalue weighted by Gasteiger charge is 2.22. The van der Waals surface area contributed by atoms with Crippen LogP contribution in [-0.2, 0) is 5.41 Å². The zero-order valence-electron chi connectivity index (χ0n) is 18.2. The predicted molar refractivity (Wildman–Crippen MR) is 121 cm³/mol. The van der Waals surface area contributed by atoms with Crippen molar-refractivity contribution >= 4 is 18.1 Å². The molecule has 0 saturated heterocycles. The molecule has 3 N–H and O–H groups in total. The minimum atomic E-state index is -0.573.